The maximum atomic E-state index is 14.4. The van der Waals surface area contributed by atoms with Gasteiger partial charge in [-0.25, -0.2) is 26.3 Å². The second kappa shape index (κ2) is 11.4. The lowest BCUT2D eigenvalue weighted by Crippen LogP contribution is -2.22. The van der Waals surface area contributed by atoms with Crippen molar-refractivity contribution in [3.8, 4) is 33.8 Å². The number of ether oxygens (including phenoxy) is 2. The largest absolute Gasteiger partial charge is 0.493 e. The first-order valence-corrected chi connectivity index (χ1v) is 11.4. The Kier molecular flexibility index (Phi) is 8.06. The number of hydrogen-bond acceptors (Lipinski definition) is 2. The molecule has 37 heavy (non-hydrogen) atoms. The van der Waals surface area contributed by atoms with Gasteiger partial charge >= 0.3 is 0 Å². The lowest BCUT2D eigenvalue weighted by Gasteiger charge is -2.17. The Morgan fingerprint density at radius 2 is 0.892 bits per heavy atom. The fourth-order valence-electron chi connectivity index (χ4n) is 3.66. The lowest BCUT2D eigenvalue weighted by atomic mass is 10.0. The van der Waals surface area contributed by atoms with Gasteiger partial charge in [0.25, 0.3) is 5.92 Å². The van der Waals surface area contributed by atoms with Crippen LogP contribution < -0.4 is 9.47 Å². The fourth-order valence-corrected chi connectivity index (χ4v) is 3.66. The van der Waals surface area contributed by atoms with Crippen molar-refractivity contribution in [2.75, 3.05) is 13.2 Å². The van der Waals surface area contributed by atoms with E-state index in [1.54, 1.807) is 0 Å². The highest BCUT2D eigenvalue weighted by molar-refractivity contribution is 5.65. The van der Waals surface area contributed by atoms with Gasteiger partial charge in [-0.15, -0.1) is 0 Å². The summed E-state index contributed by atoms with van der Waals surface area (Å²) in [6.45, 7) is -0.716. The summed E-state index contributed by atoms with van der Waals surface area (Å²) >= 11 is 0. The van der Waals surface area contributed by atoms with Crippen LogP contribution in [0, 0.1) is 23.3 Å². The van der Waals surface area contributed by atoms with Crippen LogP contribution in [0.25, 0.3) is 22.3 Å². The van der Waals surface area contributed by atoms with Crippen molar-refractivity contribution >= 4 is 0 Å². The first-order valence-electron chi connectivity index (χ1n) is 11.4. The second-order valence-corrected chi connectivity index (χ2v) is 8.35. The van der Waals surface area contributed by atoms with Gasteiger partial charge < -0.3 is 9.47 Å². The topological polar surface area (TPSA) is 18.5 Å². The van der Waals surface area contributed by atoms with Gasteiger partial charge in [-0.1, -0.05) is 24.3 Å². The van der Waals surface area contributed by atoms with Gasteiger partial charge in [0.1, 0.15) is 34.8 Å². The molecule has 0 atom stereocenters. The summed E-state index contributed by atoms with van der Waals surface area (Å²) < 4.78 is 94.0. The Bertz CT molecular complexity index is 1230. The maximum Gasteiger partial charge on any atom is 0.254 e. The fraction of sp³-hybridized carbons (Fsp3) is 0.172. The maximum absolute atomic E-state index is 14.4. The van der Waals surface area contributed by atoms with Gasteiger partial charge in [-0.2, -0.15) is 0 Å². The first-order chi connectivity index (χ1) is 17.7. The van der Waals surface area contributed by atoms with Crippen molar-refractivity contribution in [3.63, 3.8) is 0 Å². The molecule has 0 fully saturated rings. The molecule has 8 heteroatoms. The van der Waals surface area contributed by atoms with Crippen LogP contribution in [-0.2, 0) is 0 Å². The molecule has 4 rings (SSSR count). The number of benzene rings is 4. The van der Waals surface area contributed by atoms with Crippen molar-refractivity contribution < 1.29 is 35.8 Å². The van der Waals surface area contributed by atoms with E-state index in [0.717, 1.165) is 12.1 Å². The summed E-state index contributed by atoms with van der Waals surface area (Å²) in [6, 6.07) is 18.5. The molecule has 0 radical (unpaired) electrons. The summed E-state index contributed by atoms with van der Waals surface area (Å²) in [7, 11) is 0. The molecule has 0 saturated heterocycles. The van der Waals surface area contributed by atoms with Crippen molar-refractivity contribution in [1.82, 2.24) is 0 Å². The van der Waals surface area contributed by atoms with Gasteiger partial charge in [0.2, 0.25) is 0 Å². The van der Waals surface area contributed by atoms with Gasteiger partial charge in [-0.05, 0) is 59.7 Å². The van der Waals surface area contributed by atoms with Crippen LogP contribution in [-0.4, -0.2) is 19.1 Å². The molecule has 0 heterocycles. The second-order valence-electron chi connectivity index (χ2n) is 8.35. The normalized spacial score (nSPS) is 11.4. The third-order valence-corrected chi connectivity index (χ3v) is 5.66. The highest BCUT2D eigenvalue weighted by Crippen LogP contribution is 2.29. The minimum Gasteiger partial charge on any atom is -0.493 e. The molecular formula is C29H22F6O2. The van der Waals surface area contributed by atoms with E-state index < -0.39 is 42.0 Å². The summed E-state index contributed by atoms with van der Waals surface area (Å²) in [5, 5.41) is 0. The molecular weight excluding hydrogens is 494 g/mol. The van der Waals surface area contributed by atoms with Crippen LogP contribution in [0.2, 0.25) is 0 Å². The minimum atomic E-state index is -3.13. The molecule has 0 aliphatic carbocycles. The van der Waals surface area contributed by atoms with Gasteiger partial charge in [-0.3, -0.25) is 0 Å². The summed E-state index contributed by atoms with van der Waals surface area (Å²) in [4.78, 5) is 0. The molecule has 0 spiro atoms. The lowest BCUT2D eigenvalue weighted by molar-refractivity contribution is -0.0354. The monoisotopic (exact) mass is 516 g/mol. The SMILES string of the molecule is Fc1ccc(-c2ccc(OCCC(F)(F)CCOc3ccc(-c4ccc(F)cc4)c(F)c3)cc2F)cc1. The standard InChI is InChI=1S/C29H22F6O2/c30-21-5-1-19(2-6-21)25-11-9-23(17-27(25)32)36-15-13-29(34,35)14-16-37-24-10-12-26(28(33)18-24)20-3-7-22(31)8-4-20/h1-12,17-18H,13-16H2. The predicted octanol–water partition coefficient (Wildman–Crippen LogP) is 8.45. The van der Waals surface area contributed by atoms with E-state index in [2.05, 4.69) is 0 Å². The molecule has 0 aliphatic rings. The zero-order chi connectivity index (χ0) is 26.4. The van der Waals surface area contributed by atoms with Gasteiger partial charge in [0, 0.05) is 36.1 Å². The molecule has 0 aliphatic heterocycles. The molecule has 192 valence electrons. The zero-order valence-electron chi connectivity index (χ0n) is 19.5. The van der Waals surface area contributed by atoms with Crippen LogP contribution in [0.4, 0.5) is 26.3 Å². The van der Waals surface area contributed by atoms with E-state index in [1.165, 1.54) is 72.8 Å². The van der Waals surface area contributed by atoms with Gasteiger partial charge in [0.15, 0.2) is 0 Å². The Morgan fingerprint density at radius 1 is 0.514 bits per heavy atom. The van der Waals surface area contributed by atoms with Crippen LogP contribution in [0.15, 0.2) is 84.9 Å². The Labute approximate surface area is 210 Å². The minimum absolute atomic E-state index is 0.0899. The van der Waals surface area contributed by atoms with E-state index in [9.17, 15) is 26.3 Å². The van der Waals surface area contributed by atoms with Gasteiger partial charge in [0.05, 0.1) is 13.2 Å². The summed E-state index contributed by atoms with van der Waals surface area (Å²) in [5.41, 5.74) is 1.41. The molecule has 0 bridgehead atoms. The van der Waals surface area contributed by atoms with Crippen molar-refractivity contribution in [2.24, 2.45) is 0 Å². The number of hydrogen-bond donors (Lipinski definition) is 0. The summed E-state index contributed by atoms with van der Waals surface area (Å²) in [6.07, 6.45) is -1.26. The quantitative estimate of drug-likeness (QED) is 0.197. The number of rotatable bonds is 10. The third-order valence-electron chi connectivity index (χ3n) is 5.66. The summed E-state index contributed by atoms with van der Waals surface area (Å²) in [5.74, 6) is -5.08. The zero-order valence-corrected chi connectivity index (χ0v) is 19.5. The van der Waals surface area contributed by atoms with Crippen LogP contribution in [0.5, 0.6) is 11.5 Å². The van der Waals surface area contributed by atoms with Crippen molar-refractivity contribution in [1.29, 1.82) is 0 Å². The van der Waals surface area contributed by atoms with E-state index in [0.29, 0.717) is 11.1 Å². The molecule has 4 aromatic rings. The average molecular weight is 516 g/mol. The van der Waals surface area contributed by atoms with Crippen LogP contribution >= 0.6 is 0 Å². The molecule has 0 amide bonds. The Morgan fingerprint density at radius 3 is 1.24 bits per heavy atom. The predicted molar refractivity (Wildman–Crippen MR) is 129 cm³/mol. The Hall–Kier alpha value is -3.94. The number of halogens is 6. The van der Waals surface area contributed by atoms with Crippen LogP contribution in [0.3, 0.4) is 0 Å². The Balaban J connectivity index is 1.25. The van der Waals surface area contributed by atoms with E-state index in [4.69, 9.17) is 9.47 Å². The number of alkyl halides is 2. The smallest absolute Gasteiger partial charge is 0.254 e. The van der Waals surface area contributed by atoms with E-state index in [-0.39, 0.29) is 35.8 Å². The third kappa shape index (κ3) is 7.06. The molecule has 0 aromatic heterocycles. The first kappa shape index (κ1) is 26.1. The molecule has 2 nitrogen and oxygen atoms in total. The molecule has 0 saturated carbocycles. The van der Waals surface area contributed by atoms with E-state index >= 15 is 0 Å². The molecule has 4 aromatic carbocycles. The van der Waals surface area contributed by atoms with Crippen molar-refractivity contribution in [3.05, 3.63) is 108 Å². The average Bonchev–Trinajstić information content (AvgIpc) is 2.85. The van der Waals surface area contributed by atoms with E-state index in [1.807, 2.05) is 0 Å². The molecule has 0 N–H and O–H groups in total. The van der Waals surface area contributed by atoms with Crippen LogP contribution in [0.1, 0.15) is 12.8 Å². The van der Waals surface area contributed by atoms with Crippen molar-refractivity contribution in [2.45, 2.75) is 18.8 Å². The highest BCUT2D eigenvalue weighted by atomic mass is 19.3. The molecule has 0 unspecified atom stereocenters. The highest BCUT2D eigenvalue weighted by Gasteiger charge is 2.29.